The van der Waals surface area contributed by atoms with E-state index in [1.807, 2.05) is 61.7 Å². The summed E-state index contributed by atoms with van der Waals surface area (Å²) in [5.41, 5.74) is 1.83. The van der Waals surface area contributed by atoms with E-state index in [0.29, 0.717) is 5.56 Å². The maximum Gasteiger partial charge on any atom is 0.200 e. The number of ketones is 1. The lowest BCUT2D eigenvalue weighted by molar-refractivity contribution is 0.0919. The quantitative estimate of drug-likeness (QED) is 0.608. The fourth-order valence-electron chi connectivity index (χ4n) is 1.70. The van der Waals surface area contributed by atoms with Gasteiger partial charge < -0.3 is 4.74 Å². The van der Waals surface area contributed by atoms with E-state index in [1.165, 1.54) is 0 Å². The second-order valence-corrected chi connectivity index (χ2v) is 5.08. The van der Waals surface area contributed by atoms with Crippen molar-refractivity contribution in [2.75, 3.05) is 12.9 Å². The molecule has 2 nitrogen and oxygen atoms in total. The predicted octanol–water partition coefficient (Wildman–Crippen LogP) is 3.98. The van der Waals surface area contributed by atoms with Crippen molar-refractivity contribution in [3.05, 3.63) is 59.7 Å². The van der Waals surface area contributed by atoms with Gasteiger partial charge in [0.05, 0.1) is 0 Å². The van der Waals surface area contributed by atoms with Gasteiger partial charge in [0.1, 0.15) is 5.75 Å². The molecule has 0 fully saturated rings. The lowest BCUT2D eigenvalue weighted by Crippen LogP contribution is -2.11. The summed E-state index contributed by atoms with van der Waals surface area (Å²) in [4.78, 5) is 13.0. The summed E-state index contributed by atoms with van der Waals surface area (Å²) < 4.78 is 5.60. The molecule has 0 N–H and O–H groups in total. The highest BCUT2D eigenvalue weighted by atomic mass is 32.2. The third kappa shape index (κ3) is 3.61. The summed E-state index contributed by atoms with van der Waals surface area (Å²) in [5, 5.41) is 0. The van der Waals surface area contributed by atoms with Crippen LogP contribution in [0.5, 0.6) is 5.75 Å². The molecule has 0 aliphatic rings. The number of aryl methyl sites for hydroxylation is 1. The Morgan fingerprint density at radius 3 is 2.47 bits per heavy atom. The number of hydrogen-bond acceptors (Lipinski definition) is 3. The van der Waals surface area contributed by atoms with Crippen LogP contribution in [0.1, 0.15) is 15.9 Å². The molecule has 0 aliphatic heterocycles. The molecule has 0 saturated heterocycles. The summed E-state index contributed by atoms with van der Waals surface area (Å²) in [5.74, 6) is 0.756. The van der Waals surface area contributed by atoms with Gasteiger partial charge in [-0.25, -0.2) is 0 Å². The standard InChI is InChI=1S/C16H16O2S/c1-12-7-9-13(10-8-12)14(17)11-18-15-5-3-4-6-16(15)19-2/h3-10H,11H2,1-2H3. The minimum absolute atomic E-state index is 0.00379. The molecule has 0 bridgehead atoms. The van der Waals surface area contributed by atoms with Gasteiger partial charge in [0.2, 0.25) is 0 Å². The lowest BCUT2D eigenvalue weighted by atomic mass is 10.1. The zero-order valence-electron chi connectivity index (χ0n) is 11.1. The Labute approximate surface area is 117 Å². The van der Waals surface area contributed by atoms with Crippen molar-refractivity contribution >= 4 is 17.5 Å². The molecule has 2 rings (SSSR count). The Morgan fingerprint density at radius 1 is 1.11 bits per heavy atom. The Balaban J connectivity index is 2.02. The largest absolute Gasteiger partial charge is 0.484 e. The number of carbonyl (C=O) groups excluding carboxylic acids is 1. The van der Waals surface area contributed by atoms with Crippen LogP contribution in [0.2, 0.25) is 0 Å². The molecular formula is C16H16O2S. The van der Waals surface area contributed by atoms with Gasteiger partial charge in [-0.3, -0.25) is 4.79 Å². The van der Waals surface area contributed by atoms with Gasteiger partial charge in [-0.2, -0.15) is 0 Å². The Kier molecular flexibility index (Phi) is 4.63. The van der Waals surface area contributed by atoms with Gasteiger partial charge in [0.15, 0.2) is 12.4 Å². The van der Waals surface area contributed by atoms with Crippen molar-refractivity contribution in [1.82, 2.24) is 0 Å². The first kappa shape index (κ1) is 13.7. The van der Waals surface area contributed by atoms with Crippen molar-refractivity contribution < 1.29 is 9.53 Å². The molecule has 0 spiro atoms. The van der Waals surface area contributed by atoms with Gasteiger partial charge >= 0.3 is 0 Å². The first-order valence-electron chi connectivity index (χ1n) is 6.06. The van der Waals surface area contributed by atoms with E-state index < -0.39 is 0 Å². The van der Waals surface area contributed by atoms with Crippen LogP contribution < -0.4 is 4.74 Å². The lowest BCUT2D eigenvalue weighted by Gasteiger charge is -2.09. The van der Waals surface area contributed by atoms with Crippen molar-refractivity contribution in [2.24, 2.45) is 0 Å². The molecule has 98 valence electrons. The minimum atomic E-state index is -0.00379. The number of para-hydroxylation sites is 1. The van der Waals surface area contributed by atoms with Crippen LogP contribution in [0, 0.1) is 6.92 Å². The van der Waals surface area contributed by atoms with Crippen LogP contribution in [-0.4, -0.2) is 18.6 Å². The zero-order valence-corrected chi connectivity index (χ0v) is 11.9. The highest BCUT2D eigenvalue weighted by Gasteiger charge is 2.08. The number of hydrogen-bond donors (Lipinski definition) is 0. The average molecular weight is 272 g/mol. The van der Waals surface area contributed by atoms with E-state index >= 15 is 0 Å². The van der Waals surface area contributed by atoms with Gasteiger partial charge in [-0.15, -0.1) is 11.8 Å². The van der Waals surface area contributed by atoms with Crippen molar-refractivity contribution in [3.63, 3.8) is 0 Å². The van der Waals surface area contributed by atoms with Crippen LogP contribution in [0.15, 0.2) is 53.4 Å². The van der Waals surface area contributed by atoms with E-state index in [1.54, 1.807) is 11.8 Å². The normalized spacial score (nSPS) is 10.2. The molecule has 3 heteroatoms. The van der Waals surface area contributed by atoms with Gasteiger partial charge in [0.25, 0.3) is 0 Å². The molecule has 2 aromatic carbocycles. The van der Waals surface area contributed by atoms with Crippen LogP contribution in [-0.2, 0) is 0 Å². The van der Waals surface area contributed by atoms with Crippen molar-refractivity contribution in [2.45, 2.75) is 11.8 Å². The summed E-state index contributed by atoms with van der Waals surface area (Å²) in [7, 11) is 0. The maximum absolute atomic E-state index is 12.0. The molecule has 0 saturated carbocycles. The number of Topliss-reactive ketones (excluding diaryl/α,β-unsaturated/α-hetero) is 1. The number of thioether (sulfide) groups is 1. The Bertz CT molecular complexity index is 561. The van der Waals surface area contributed by atoms with Crippen LogP contribution in [0.3, 0.4) is 0 Å². The monoisotopic (exact) mass is 272 g/mol. The summed E-state index contributed by atoms with van der Waals surface area (Å²) in [6.45, 7) is 2.07. The van der Waals surface area contributed by atoms with Gasteiger partial charge in [0, 0.05) is 10.5 Å². The van der Waals surface area contributed by atoms with Gasteiger partial charge in [-0.05, 0) is 25.3 Å². The highest BCUT2D eigenvalue weighted by molar-refractivity contribution is 7.98. The van der Waals surface area contributed by atoms with Crippen LogP contribution >= 0.6 is 11.8 Å². The van der Waals surface area contributed by atoms with Crippen LogP contribution in [0.25, 0.3) is 0 Å². The molecule has 0 atom stereocenters. The maximum atomic E-state index is 12.0. The number of rotatable bonds is 5. The summed E-state index contributed by atoms with van der Waals surface area (Å²) >= 11 is 1.61. The zero-order chi connectivity index (χ0) is 13.7. The number of benzene rings is 2. The molecule has 0 aromatic heterocycles. The van der Waals surface area contributed by atoms with E-state index in [-0.39, 0.29) is 12.4 Å². The van der Waals surface area contributed by atoms with Crippen molar-refractivity contribution in [1.29, 1.82) is 0 Å². The molecule has 19 heavy (non-hydrogen) atoms. The third-order valence-electron chi connectivity index (χ3n) is 2.80. The molecule has 0 heterocycles. The minimum Gasteiger partial charge on any atom is -0.484 e. The fraction of sp³-hybridized carbons (Fsp3) is 0.188. The molecule has 2 aromatic rings. The van der Waals surface area contributed by atoms with E-state index in [0.717, 1.165) is 16.2 Å². The van der Waals surface area contributed by atoms with E-state index in [9.17, 15) is 4.79 Å². The van der Waals surface area contributed by atoms with Crippen LogP contribution in [0.4, 0.5) is 0 Å². The second-order valence-electron chi connectivity index (χ2n) is 4.23. The molecule has 0 amide bonds. The summed E-state index contributed by atoms with van der Waals surface area (Å²) in [6.07, 6.45) is 1.99. The number of carbonyl (C=O) groups is 1. The third-order valence-corrected chi connectivity index (χ3v) is 3.58. The van der Waals surface area contributed by atoms with E-state index in [2.05, 4.69) is 0 Å². The highest BCUT2D eigenvalue weighted by Crippen LogP contribution is 2.26. The summed E-state index contributed by atoms with van der Waals surface area (Å²) in [6, 6.07) is 15.3. The molecule has 0 unspecified atom stereocenters. The fourth-order valence-corrected chi connectivity index (χ4v) is 2.25. The molecule has 0 radical (unpaired) electrons. The molecule has 0 aliphatic carbocycles. The first-order chi connectivity index (χ1) is 9.20. The smallest absolute Gasteiger partial charge is 0.200 e. The SMILES string of the molecule is CSc1ccccc1OCC(=O)c1ccc(C)cc1. The van der Waals surface area contributed by atoms with E-state index in [4.69, 9.17) is 4.74 Å². The Morgan fingerprint density at radius 2 is 1.79 bits per heavy atom. The first-order valence-corrected chi connectivity index (χ1v) is 7.29. The topological polar surface area (TPSA) is 26.3 Å². The second kappa shape index (κ2) is 6.43. The molecular weight excluding hydrogens is 256 g/mol. The Hall–Kier alpha value is -1.74. The predicted molar refractivity (Wildman–Crippen MR) is 79.2 cm³/mol. The van der Waals surface area contributed by atoms with Crippen molar-refractivity contribution in [3.8, 4) is 5.75 Å². The average Bonchev–Trinajstić information content (AvgIpc) is 2.45. The number of ether oxygens (including phenoxy) is 1. The van der Waals surface area contributed by atoms with Gasteiger partial charge in [-0.1, -0.05) is 42.0 Å².